The third kappa shape index (κ3) is 4.84. The molecule has 0 aliphatic heterocycles. The molecule has 100 valence electrons. The molecule has 0 bridgehead atoms. The van der Waals surface area contributed by atoms with Crippen molar-refractivity contribution in [2.45, 2.75) is 33.6 Å². The van der Waals surface area contributed by atoms with Gasteiger partial charge in [0.15, 0.2) is 0 Å². The van der Waals surface area contributed by atoms with Gasteiger partial charge in [0.25, 0.3) is 0 Å². The molecule has 0 radical (unpaired) electrons. The first kappa shape index (κ1) is 14.6. The first-order valence-electron chi connectivity index (χ1n) is 6.43. The van der Waals surface area contributed by atoms with Crippen molar-refractivity contribution < 1.29 is 4.79 Å². The van der Waals surface area contributed by atoms with Gasteiger partial charge in [0.05, 0.1) is 11.9 Å². The minimum Gasteiger partial charge on any atom is -0.330 e. The minimum absolute atomic E-state index is 0.0159. The smallest absolute Gasteiger partial charge is 0.224 e. The molecule has 1 rings (SSSR count). The van der Waals surface area contributed by atoms with E-state index >= 15 is 0 Å². The molecule has 0 aromatic carbocycles. The molecular formula is C14H23N3O. The van der Waals surface area contributed by atoms with E-state index in [4.69, 9.17) is 5.73 Å². The van der Waals surface area contributed by atoms with Crippen LogP contribution in [0, 0.1) is 18.8 Å². The van der Waals surface area contributed by atoms with E-state index in [0.717, 1.165) is 17.7 Å². The molecular weight excluding hydrogens is 226 g/mol. The summed E-state index contributed by atoms with van der Waals surface area (Å²) in [5, 5.41) is 2.89. The van der Waals surface area contributed by atoms with Crippen LogP contribution in [0.3, 0.4) is 0 Å². The average Bonchev–Trinajstić information content (AvgIpc) is 2.30. The predicted molar refractivity (Wildman–Crippen MR) is 74.2 cm³/mol. The van der Waals surface area contributed by atoms with Gasteiger partial charge in [0.1, 0.15) is 0 Å². The minimum atomic E-state index is 0.0159. The van der Waals surface area contributed by atoms with Gasteiger partial charge in [0, 0.05) is 12.6 Å². The maximum Gasteiger partial charge on any atom is 0.224 e. The molecule has 0 aliphatic carbocycles. The van der Waals surface area contributed by atoms with Crippen molar-refractivity contribution in [2.75, 3.05) is 11.9 Å². The summed E-state index contributed by atoms with van der Waals surface area (Å²) in [5.41, 5.74) is 7.50. The fraction of sp³-hybridized carbons (Fsp3) is 0.571. The summed E-state index contributed by atoms with van der Waals surface area (Å²) < 4.78 is 0. The molecule has 1 atom stereocenters. The maximum atomic E-state index is 11.9. The molecule has 1 aromatic rings. The summed E-state index contributed by atoms with van der Waals surface area (Å²) >= 11 is 0. The lowest BCUT2D eigenvalue weighted by atomic mass is 9.94. The zero-order valence-electron chi connectivity index (χ0n) is 11.4. The van der Waals surface area contributed by atoms with Crippen LogP contribution in [-0.2, 0) is 4.79 Å². The van der Waals surface area contributed by atoms with Crippen molar-refractivity contribution in [3.63, 3.8) is 0 Å². The standard InChI is InChI=1S/C14H23N3O/c1-10(2)6-12(8-15)7-14(18)17-13-9-16-5-4-11(13)3/h4-5,9-10,12H,6-8,15H2,1-3H3,(H,17,18). The molecule has 1 unspecified atom stereocenters. The predicted octanol–water partition coefficient (Wildman–Crippen LogP) is 2.34. The van der Waals surface area contributed by atoms with Crippen LogP contribution in [-0.4, -0.2) is 17.4 Å². The van der Waals surface area contributed by atoms with Crippen molar-refractivity contribution in [3.05, 3.63) is 24.0 Å². The number of aryl methyl sites for hydroxylation is 1. The lowest BCUT2D eigenvalue weighted by molar-refractivity contribution is -0.117. The van der Waals surface area contributed by atoms with Crippen LogP contribution in [0.1, 0.15) is 32.3 Å². The number of hydrogen-bond donors (Lipinski definition) is 2. The largest absolute Gasteiger partial charge is 0.330 e. The van der Waals surface area contributed by atoms with Gasteiger partial charge in [-0.15, -0.1) is 0 Å². The van der Waals surface area contributed by atoms with E-state index in [1.807, 2.05) is 13.0 Å². The zero-order chi connectivity index (χ0) is 13.5. The monoisotopic (exact) mass is 249 g/mol. The fourth-order valence-electron chi connectivity index (χ4n) is 1.99. The Morgan fingerprint density at radius 1 is 1.50 bits per heavy atom. The summed E-state index contributed by atoms with van der Waals surface area (Å²) in [7, 11) is 0. The molecule has 0 spiro atoms. The number of carbonyl (C=O) groups is 1. The van der Waals surface area contributed by atoms with E-state index in [9.17, 15) is 4.79 Å². The Morgan fingerprint density at radius 2 is 2.22 bits per heavy atom. The van der Waals surface area contributed by atoms with Crippen molar-refractivity contribution in [1.29, 1.82) is 0 Å². The lowest BCUT2D eigenvalue weighted by Gasteiger charge is -2.16. The molecule has 0 fully saturated rings. The van der Waals surface area contributed by atoms with Gasteiger partial charge in [-0.2, -0.15) is 0 Å². The zero-order valence-corrected chi connectivity index (χ0v) is 11.4. The summed E-state index contributed by atoms with van der Waals surface area (Å²) in [6.07, 6.45) is 4.85. The highest BCUT2D eigenvalue weighted by molar-refractivity contribution is 5.91. The first-order valence-corrected chi connectivity index (χ1v) is 6.43. The average molecular weight is 249 g/mol. The molecule has 1 amide bonds. The lowest BCUT2D eigenvalue weighted by Crippen LogP contribution is -2.23. The molecule has 0 saturated carbocycles. The van der Waals surface area contributed by atoms with Crippen molar-refractivity contribution >= 4 is 11.6 Å². The highest BCUT2D eigenvalue weighted by atomic mass is 16.1. The van der Waals surface area contributed by atoms with Crippen LogP contribution >= 0.6 is 0 Å². The van der Waals surface area contributed by atoms with Crippen LogP contribution in [0.15, 0.2) is 18.5 Å². The number of pyridine rings is 1. The summed E-state index contributed by atoms with van der Waals surface area (Å²) in [4.78, 5) is 15.9. The fourth-order valence-corrected chi connectivity index (χ4v) is 1.99. The maximum absolute atomic E-state index is 11.9. The molecule has 4 nitrogen and oxygen atoms in total. The van der Waals surface area contributed by atoms with E-state index in [1.165, 1.54) is 0 Å². The van der Waals surface area contributed by atoms with Crippen LogP contribution < -0.4 is 11.1 Å². The van der Waals surface area contributed by atoms with Gasteiger partial charge < -0.3 is 11.1 Å². The number of nitrogens with zero attached hydrogens (tertiary/aromatic N) is 1. The van der Waals surface area contributed by atoms with E-state index < -0.39 is 0 Å². The molecule has 0 saturated heterocycles. The topological polar surface area (TPSA) is 68.0 Å². The van der Waals surface area contributed by atoms with Gasteiger partial charge in [0.2, 0.25) is 5.91 Å². The second-order valence-corrected chi connectivity index (χ2v) is 5.17. The van der Waals surface area contributed by atoms with Crippen LogP contribution in [0.25, 0.3) is 0 Å². The number of nitrogens with one attached hydrogen (secondary N) is 1. The summed E-state index contributed by atoms with van der Waals surface area (Å²) in [5.74, 6) is 0.829. The number of rotatable bonds is 6. The SMILES string of the molecule is Cc1ccncc1NC(=O)CC(CN)CC(C)C. The van der Waals surface area contributed by atoms with Crippen molar-refractivity contribution in [1.82, 2.24) is 4.98 Å². The Kier molecular flexibility index (Phi) is 5.78. The van der Waals surface area contributed by atoms with Crippen molar-refractivity contribution in [3.8, 4) is 0 Å². The van der Waals surface area contributed by atoms with Gasteiger partial charge in [-0.1, -0.05) is 13.8 Å². The Labute approximate surface area is 109 Å². The highest BCUT2D eigenvalue weighted by Crippen LogP contribution is 2.17. The van der Waals surface area contributed by atoms with Gasteiger partial charge >= 0.3 is 0 Å². The molecule has 3 N–H and O–H groups in total. The molecule has 1 heterocycles. The van der Waals surface area contributed by atoms with Gasteiger partial charge in [-0.05, 0) is 43.4 Å². The number of aromatic nitrogens is 1. The van der Waals surface area contributed by atoms with Crippen LogP contribution in [0.4, 0.5) is 5.69 Å². The molecule has 0 aliphatic rings. The third-order valence-electron chi connectivity index (χ3n) is 2.93. The number of hydrogen-bond acceptors (Lipinski definition) is 3. The Morgan fingerprint density at radius 3 is 2.78 bits per heavy atom. The second-order valence-electron chi connectivity index (χ2n) is 5.17. The van der Waals surface area contributed by atoms with Crippen LogP contribution in [0.2, 0.25) is 0 Å². The number of nitrogens with two attached hydrogens (primary N) is 1. The van der Waals surface area contributed by atoms with Crippen molar-refractivity contribution in [2.24, 2.45) is 17.6 Å². The molecule has 18 heavy (non-hydrogen) atoms. The van der Waals surface area contributed by atoms with Gasteiger partial charge in [-0.3, -0.25) is 9.78 Å². The Bertz CT molecular complexity index is 390. The quantitative estimate of drug-likeness (QED) is 0.813. The van der Waals surface area contributed by atoms with E-state index in [2.05, 4.69) is 24.1 Å². The highest BCUT2D eigenvalue weighted by Gasteiger charge is 2.14. The second kappa shape index (κ2) is 7.11. The normalized spacial score (nSPS) is 12.5. The van der Waals surface area contributed by atoms with Gasteiger partial charge in [-0.25, -0.2) is 0 Å². The number of carbonyl (C=O) groups excluding carboxylic acids is 1. The van der Waals surface area contributed by atoms with E-state index in [-0.39, 0.29) is 11.8 Å². The Balaban J connectivity index is 2.53. The van der Waals surface area contributed by atoms with E-state index in [0.29, 0.717) is 18.9 Å². The molecule has 4 heteroatoms. The first-order chi connectivity index (χ1) is 8.52. The summed E-state index contributed by atoms with van der Waals surface area (Å²) in [6, 6.07) is 1.88. The van der Waals surface area contributed by atoms with E-state index in [1.54, 1.807) is 12.4 Å². The molecule has 1 aromatic heterocycles. The summed E-state index contributed by atoms with van der Waals surface area (Å²) in [6.45, 7) is 6.79. The number of anilines is 1. The Hall–Kier alpha value is -1.42. The third-order valence-corrected chi connectivity index (χ3v) is 2.93. The number of amides is 1. The van der Waals surface area contributed by atoms with Crippen LogP contribution in [0.5, 0.6) is 0 Å².